The van der Waals surface area contributed by atoms with Gasteiger partial charge in [0.2, 0.25) is 5.91 Å². The molecule has 1 heterocycles. The highest BCUT2D eigenvalue weighted by Gasteiger charge is 2.67. The fourth-order valence-electron chi connectivity index (χ4n) is 5.79. The number of hydrogen-bond donors (Lipinski definition) is 3. The van der Waals surface area contributed by atoms with Gasteiger partial charge in [-0.2, -0.15) is 5.26 Å². The summed E-state index contributed by atoms with van der Waals surface area (Å²) in [7, 11) is 0. The molecule has 5 rings (SSSR count). The second kappa shape index (κ2) is 7.40. The van der Waals surface area contributed by atoms with Crippen LogP contribution in [0.5, 0.6) is 0 Å². The first-order valence-electron chi connectivity index (χ1n) is 10.5. The summed E-state index contributed by atoms with van der Waals surface area (Å²) < 4.78 is 14.7. The van der Waals surface area contributed by atoms with Crippen molar-refractivity contribution in [3.63, 3.8) is 0 Å². The maximum Gasteiger partial charge on any atom is 0.238 e. The number of carbonyl (C=O) groups is 1. The van der Waals surface area contributed by atoms with Crippen molar-refractivity contribution in [2.24, 2.45) is 23.7 Å². The highest BCUT2D eigenvalue weighted by molar-refractivity contribution is 7.80. The number of nitrogens with one attached hydrogen (secondary N) is 2. The van der Waals surface area contributed by atoms with Crippen LogP contribution in [0.15, 0.2) is 47.4 Å². The van der Waals surface area contributed by atoms with Gasteiger partial charge in [-0.25, -0.2) is 4.39 Å². The second-order valence-electron chi connectivity index (χ2n) is 8.92. The van der Waals surface area contributed by atoms with Crippen LogP contribution in [0.3, 0.4) is 0 Å². The van der Waals surface area contributed by atoms with E-state index in [4.69, 9.17) is 0 Å². The Morgan fingerprint density at radius 2 is 2.10 bits per heavy atom. The molecule has 5 unspecified atom stereocenters. The molecule has 3 fully saturated rings. The van der Waals surface area contributed by atoms with Crippen molar-refractivity contribution >= 4 is 18.5 Å². The Bertz CT molecular complexity index is 1050. The van der Waals surface area contributed by atoms with E-state index in [1.165, 1.54) is 6.07 Å². The highest BCUT2D eigenvalue weighted by atomic mass is 32.1. The number of rotatable bonds is 5. The first-order valence-corrected chi connectivity index (χ1v) is 10.9. The van der Waals surface area contributed by atoms with Crippen LogP contribution in [0.25, 0.3) is 11.1 Å². The third-order valence-corrected chi connectivity index (χ3v) is 7.51. The van der Waals surface area contributed by atoms with Crippen molar-refractivity contribution in [3.8, 4) is 17.2 Å². The monoisotopic (exact) mass is 421 g/mol. The van der Waals surface area contributed by atoms with E-state index in [1.807, 2.05) is 30.3 Å². The van der Waals surface area contributed by atoms with Crippen LogP contribution < -0.4 is 10.6 Å². The van der Waals surface area contributed by atoms with Crippen molar-refractivity contribution in [1.29, 1.82) is 5.26 Å². The lowest BCUT2D eigenvalue weighted by Crippen LogP contribution is -2.51. The molecule has 2 N–H and O–H groups in total. The minimum atomic E-state index is -0.757. The quantitative estimate of drug-likeness (QED) is 0.647. The molecule has 1 saturated heterocycles. The van der Waals surface area contributed by atoms with E-state index in [0.717, 1.165) is 28.4 Å². The summed E-state index contributed by atoms with van der Waals surface area (Å²) in [5.41, 5.74) is 2.06. The molecule has 2 bridgehead atoms. The van der Waals surface area contributed by atoms with Crippen molar-refractivity contribution < 1.29 is 9.18 Å². The molecule has 2 saturated carbocycles. The Hall–Kier alpha value is -2.36. The molecule has 4 nitrogen and oxygen atoms in total. The van der Waals surface area contributed by atoms with Crippen LogP contribution in [-0.2, 0) is 11.2 Å². The smallest absolute Gasteiger partial charge is 0.238 e. The molecule has 1 amide bonds. The average Bonchev–Trinajstić information content (AvgIpc) is 3.09. The molecule has 7 atom stereocenters. The van der Waals surface area contributed by atoms with E-state index in [2.05, 4.69) is 36.3 Å². The molecule has 154 valence electrons. The van der Waals surface area contributed by atoms with Crippen LogP contribution in [0.1, 0.15) is 18.9 Å². The predicted octanol–water partition coefficient (Wildman–Crippen LogP) is 3.57. The largest absolute Gasteiger partial charge is 0.339 e. The number of halogens is 1. The Labute approximate surface area is 181 Å². The third-order valence-electron chi connectivity index (χ3n) is 7.24. The zero-order valence-electron chi connectivity index (χ0n) is 16.7. The van der Waals surface area contributed by atoms with E-state index in [-0.39, 0.29) is 24.2 Å². The lowest BCUT2D eigenvalue weighted by atomic mass is 9.94. The summed E-state index contributed by atoms with van der Waals surface area (Å²) in [5.74, 6) is 1.93. The second-order valence-corrected chi connectivity index (χ2v) is 9.43. The number of amides is 1. The lowest BCUT2D eigenvalue weighted by Gasteiger charge is -2.23. The zero-order chi connectivity index (χ0) is 21.0. The van der Waals surface area contributed by atoms with E-state index in [1.54, 1.807) is 6.07 Å². The molecule has 2 aromatic carbocycles. The van der Waals surface area contributed by atoms with Gasteiger partial charge in [0.15, 0.2) is 0 Å². The lowest BCUT2D eigenvalue weighted by molar-refractivity contribution is -0.124. The molecule has 0 spiro atoms. The van der Waals surface area contributed by atoms with Gasteiger partial charge in [-0.1, -0.05) is 31.2 Å². The molecule has 0 aromatic heterocycles. The summed E-state index contributed by atoms with van der Waals surface area (Å²) in [6, 6.07) is 14.1. The first kappa shape index (κ1) is 19.6. The van der Waals surface area contributed by atoms with E-state index in [0.29, 0.717) is 29.4 Å². The number of carbonyl (C=O) groups excluding carboxylic acids is 1. The average molecular weight is 422 g/mol. The Kier molecular flexibility index (Phi) is 4.83. The summed E-state index contributed by atoms with van der Waals surface area (Å²) in [5, 5.41) is 15.8. The highest BCUT2D eigenvalue weighted by Crippen LogP contribution is 2.64. The molecule has 30 heavy (non-hydrogen) atoms. The van der Waals surface area contributed by atoms with Gasteiger partial charge in [-0.3, -0.25) is 4.79 Å². The van der Waals surface area contributed by atoms with Gasteiger partial charge in [0.25, 0.3) is 0 Å². The van der Waals surface area contributed by atoms with Gasteiger partial charge in [-0.15, -0.1) is 12.6 Å². The zero-order valence-corrected chi connectivity index (χ0v) is 17.6. The number of nitriles is 1. The molecule has 0 radical (unpaired) electrons. The minimum absolute atomic E-state index is 0.130. The fourth-order valence-corrected chi connectivity index (χ4v) is 6.02. The summed E-state index contributed by atoms with van der Waals surface area (Å²) in [4.78, 5) is 13.6. The fraction of sp³-hybridized carbons (Fsp3) is 0.417. The third kappa shape index (κ3) is 3.30. The molecular formula is C24H24FN3OS. The van der Waals surface area contributed by atoms with Gasteiger partial charge in [0, 0.05) is 17.4 Å². The van der Waals surface area contributed by atoms with Gasteiger partial charge in [0.05, 0.1) is 12.1 Å². The molecule has 6 heteroatoms. The van der Waals surface area contributed by atoms with Crippen LogP contribution in [0.4, 0.5) is 4.39 Å². The first-order chi connectivity index (χ1) is 14.5. The minimum Gasteiger partial charge on any atom is -0.339 e. The van der Waals surface area contributed by atoms with E-state index in [9.17, 15) is 14.4 Å². The van der Waals surface area contributed by atoms with Crippen molar-refractivity contribution in [1.82, 2.24) is 10.6 Å². The normalized spacial score (nSPS) is 31.7. The van der Waals surface area contributed by atoms with E-state index < -0.39 is 6.04 Å². The standard InChI is InChI=1S/C24H24FN3OS/c1-12-21-18-10-20(22(12)21)28-23(18)24(29)27-16(11-26)7-15-6-5-14(9-19(15)25)13-3-2-4-17(30)8-13/h2-6,8-9,12,16,18,20-23,28,30H,7,10H2,1H3,(H,27,29)/t12-,16-,18?,20?,21?,22?,23?/m0/s1. The molecule has 2 aromatic rings. The summed E-state index contributed by atoms with van der Waals surface area (Å²) >= 11 is 4.33. The maximum atomic E-state index is 14.7. The van der Waals surface area contributed by atoms with Crippen LogP contribution >= 0.6 is 12.6 Å². The van der Waals surface area contributed by atoms with Crippen LogP contribution in [-0.4, -0.2) is 24.0 Å². The number of hydrogen-bond acceptors (Lipinski definition) is 4. The van der Waals surface area contributed by atoms with Crippen molar-refractivity contribution in [2.45, 2.75) is 42.8 Å². The number of nitrogens with zero attached hydrogens (tertiary/aromatic N) is 1. The van der Waals surface area contributed by atoms with Crippen molar-refractivity contribution in [2.75, 3.05) is 0 Å². The van der Waals surface area contributed by atoms with Crippen molar-refractivity contribution in [3.05, 3.63) is 53.8 Å². The van der Waals surface area contributed by atoms with Crippen LogP contribution in [0.2, 0.25) is 0 Å². The number of benzene rings is 2. The predicted molar refractivity (Wildman–Crippen MR) is 115 cm³/mol. The summed E-state index contributed by atoms with van der Waals surface area (Å²) in [6.07, 6.45) is 1.20. The number of piperidine rings is 1. The van der Waals surface area contributed by atoms with Crippen LogP contribution in [0, 0.1) is 40.8 Å². The van der Waals surface area contributed by atoms with Gasteiger partial charge >= 0.3 is 0 Å². The Morgan fingerprint density at radius 3 is 2.80 bits per heavy atom. The number of fused-ring (bicyclic) bond motifs is 5. The van der Waals surface area contributed by atoms with Gasteiger partial charge in [0.1, 0.15) is 11.9 Å². The maximum absolute atomic E-state index is 14.7. The molecular weight excluding hydrogens is 397 g/mol. The molecule has 3 aliphatic rings. The van der Waals surface area contributed by atoms with Gasteiger partial charge < -0.3 is 10.6 Å². The SMILES string of the molecule is C[C@@H]1C2C3CC(C(C(=O)N[C@H](C#N)Cc4ccc(-c5cccc(S)c5)cc4F)N3)C21. The Morgan fingerprint density at radius 1 is 1.30 bits per heavy atom. The molecule has 1 aliphatic heterocycles. The Balaban J connectivity index is 1.25. The topological polar surface area (TPSA) is 64.9 Å². The summed E-state index contributed by atoms with van der Waals surface area (Å²) in [6.45, 7) is 2.26. The number of thiol groups is 1. The van der Waals surface area contributed by atoms with E-state index >= 15 is 0 Å². The molecule has 2 aliphatic carbocycles. The van der Waals surface area contributed by atoms with Gasteiger partial charge in [-0.05, 0) is 65.0 Å².